The second-order valence-corrected chi connectivity index (χ2v) is 4.95. The Kier molecular flexibility index (Phi) is 7.04. The van der Waals surface area contributed by atoms with Gasteiger partial charge in [0.05, 0.1) is 6.04 Å². The van der Waals surface area contributed by atoms with Crippen molar-refractivity contribution in [1.82, 2.24) is 5.32 Å². The predicted octanol–water partition coefficient (Wildman–Crippen LogP) is -0.173. The molecule has 0 heterocycles. The van der Waals surface area contributed by atoms with Crippen LogP contribution in [0.25, 0.3) is 0 Å². The zero-order chi connectivity index (χ0) is 16.5. The summed E-state index contributed by atoms with van der Waals surface area (Å²) in [6, 6.07) is 7.41. The van der Waals surface area contributed by atoms with E-state index in [9.17, 15) is 14.4 Å². The molecule has 1 aromatic carbocycles. The van der Waals surface area contributed by atoms with Crippen LogP contribution in [-0.2, 0) is 25.7 Å². The Balaban J connectivity index is 2.61. The highest BCUT2D eigenvalue weighted by atomic mass is 16.5. The average molecular weight is 307 g/mol. The molecule has 0 spiro atoms. The first kappa shape index (κ1) is 17.6. The van der Waals surface area contributed by atoms with Crippen molar-refractivity contribution >= 4 is 17.8 Å². The van der Waals surface area contributed by atoms with E-state index in [4.69, 9.17) is 16.2 Å². The molecule has 120 valence electrons. The lowest BCUT2D eigenvalue weighted by Gasteiger charge is -2.18. The van der Waals surface area contributed by atoms with Crippen LogP contribution in [0.5, 0.6) is 0 Å². The Morgan fingerprint density at radius 1 is 1.23 bits per heavy atom. The van der Waals surface area contributed by atoms with Gasteiger partial charge >= 0.3 is 5.97 Å². The number of esters is 1. The van der Waals surface area contributed by atoms with Crippen LogP contribution in [0, 0.1) is 0 Å². The molecule has 0 aliphatic carbocycles. The van der Waals surface area contributed by atoms with Crippen LogP contribution >= 0.6 is 0 Å². The highest BCUT2D eigenvalue weighted by Gasteiger charge is 2.24. The molecular formula is C15H21N3O4. The Morgan fingerprint density at radius 3 is 2.41 bits per heavy atom. The molecule has 1 aromatic rings. The summed E-state index contributed by atoms with van der Waals surface area (Å²) < 4.78 is 5.16. The van der Waals surface area contributed by atoms with Crippen LogP contribution in [0.2, 0.25) is 0 Å². The molecule has 0 saturated carbocycles. The van der Waals surface area contributed by atoms with E-state index in [1.165, 1.54) is 6.92 Å². The fourth-order valence-electron chi connectivity index (χ4n) is 1.67. The van der Waals surface area contributed by atoms with Gasteiger partial charge < -0.3 is 21.5 Å². The van der Waals surface area contributed by atoms with Crippen LogP contribution in [0.1, 0.15) is 25.3 Å². The minimum Gasteiger partial charge on any atom is -0.459 e. The van der Waals surface area contributed by atoms with Gasteiger partial charge in [0.25, 0.3) is 0 Å². The molecule has 0 saturated heterocycles. The average Bonchev–Trinajstić information content (AvgIpc) is 2.49. The number of amides is 2. The van der Waals surface area contributed by atoms with Gasteiger partial charge in [-0.25, -0.2) is 4.79 Å². The fraction of sp³-hybridized carbons (Fsp3) is 0.400. The quantitative estimate of drug-likeness (QED) is 0.575. The molecule has 7 nitrogen and oxygen atoms in total. The van der Waals surface area contributed by atoms with Crippen LogP contribution in [-0.4, -0.2) is 29.9 Å². The van der Waals surface area contributed by atoms with Gasteiger partial charge in [-0.2, -0.15) is 0 Å². The number of primary amides is 1. The van der Waals surface area contributed by atoms with Gasteiger partial charge in [-0.1, -0.05) is 30.3 Å². The molecule has 2 amide bonds. The van der Waals surface area contributed by atoms with E-state index in [-0.39, 0.29) is 19.4 Å². The Bertz CT molecular complexity index is 517. The molecule has 22 heavy (non-hydrogen) atoms. The van der Waals surface area contributed by atoms with E-state index in [0.717, 1.165) is 5.56 Å². The van der Waals surface area contributed by atoms with E-state index in [1.54, 1.807) is 0 Å². The third kappa shape index (κ3) is 6.36. The normalized spacial score (nSPS) is 13.0. The number of hydrogen-bond donors (Lipinski definition) is 3. The summed E-state index contributed by atoms with van der Waals surface area (Å²) in [7, 11) is 0. The van der Waals surface area contributed by atoms with E-state index in [2.05, 4.69) is 5.32 Å². The van der Waals surface area contributed by atoms with E-state index in [0.29, 0.717) is 0 Å². The Labute approximate surface area is 129 Å². The van der Waals surface area contributed by atoms with Crippen molar-refractivity contribution in [3.63, 3.8) is 0 Å². The first-order chi connectivity index (χ1) is 10.4. The minimum atomic E-state index is -0.949. The summed E-state index contributed by atoms with van der Waals surface area (Å²) >= 11 is 0. The summed E-state index contributed by atoms with van der Waals surface area (Å²) in [6.45, 7) is 1.58. The van der Waals surface area contributed by atoms with Crippen molar-refractivity contribution in [2.45, 2.75) is 38.5 Å². The lowest BCUT2D eigenvalue weighted by Crippen LogP contribution is -2.48. The third-order valence-electron chi connectivity index (χ3n) is 2.92. The number of carbonyl (C=O) groups is 3. The van der Waals surface area contributed by atoms with Crippen LogP contribution in [0.4, 0.5) is 0 Å². The highest BCUT2D eigenvalue weighted by molar-refractivity contribution is 5.87. The maximum absolute atomic E-state index is 12.1. The molecule has 5 N–H and O–H groups in total. The fourth-order valence-corrected chi connectivity index (χ4v) is 1.67. The van der Waals surface area contributed by atoms with Crippen molar-refractivity contribution in [1.29, 1.82) is 0 Å². The first-order valence-electron chi connectivity index (χ1n) is 6.95. The van der Waals surface area contributed by atoms with Gasteiger partial charge in [-0.15, -0.1) is 0 Å². The van der Waals surface area contributed by atoms with Crippen LogP contribution in [0.15, 0.2) is 30.3 Å². The number of benzene rings is 1. The third-order valence-corrected chi connectivity index (χ3v) is 2.92. The summed E-state index contributed by atoms with van der Waals surface area (Å²) in [6.07, 6.45) is 0.0335. The molecule has 7 heteroatoms. The predicted molar refractivity (Wildman–Crippen MR) is 80.2 cm³/mol. The second-order valence-electron chi connectivity index (χ2n) is 4.95. The number of carbonyl (C=O) groups excluding carboxylic acids is 3. The molecule has 0 radical (unpaired) electrons. The second kappa shape index (κ2) is 8.78. The van der Waals surface area contributed by atoms with Crippen LogP contribution in [0.3, 0.4) is 0 Å². The summed E-state index contributed by atoms with van der Waals surface area (Å²) in [5, 5.41) is 2.46. The summed E-state index contributed by atoms with van der Waals surface area (Å²) in [4.78, 5) is 34.5. The van der Waals surface area contributed by atoms with Gasteiger partial charge in [0.2, 0.25) is 11.8 Å². The molecule has 1 rings (SSSR count). The lowest BCUT2D eigenvalue weighted by atomic mass is 10.1. The summed E-state index contributed by atoms with van der Waals surface area (Å²) in [5.41, 5.74) is 11.3. The Hall–Kier alpha value is -2.41. The number of ether oxygens (including phenoxy) is 1. The SMILES string of the molecule is C[C@H](N)C(=O)N[C@H](CCC(N)=O)C(=O)OCc1ccccc1. The molecule has 0 fully saturated rings. The zero-order valence-corrected chi connectivity index (χ0v) is 12.5. The lowest BCUT2D eigenvalue weighted by molar-refractivity contribution is -0.149. The van der Waals surface area contributed by atoms with Crippen molar-refractivity contribution in [2.24, 2.45) is 11.5 Å². The van der Waals surface area contributed by atoms with Crippen molar-refractivity contribution in [3.8, 4) is 0 Å². The molecular weight excluding hydrogens is 286 g/mol. The monoisotopic (exact) mass is 307 g/mol. The topological polar surface area (TPSA) is 125 Å². The number of hydrogen-bond acceptors (Lipinski definition) is 5. The zero-order valence-electron chi connectivity index (χ0n) is 12.5. The van der Waals surface area contributed by atoms with Crippen LogP contribution < -0.4 is 16.8 Å². The largest absolute Gasteiger partial charge is 0.459 e. The minimum absolute atomic E-state index is 0.0374. The Morgan fingerprint density at radius 2 is 1.86 bits per heavy atom. The number of rotatable bonds is 8. The van der Waals surface area contributed by atoms with Gasteiger partial charge in [0.1, 0.15) is 12.6 Å². The van der Waals surface area contributed by atoms with Crippen molar-refractivity contribution in [3.05, 3.63) is 35.9 Å². The van der Waals surface area contributed by atoms with Crippen molar-refractivity contribution < 1.29 is 19.1 Å². The maximum atomic E-state index is 12.1. The molecule has 2 atom stereocenters. The number of nitrogens with two attached hydrogens (primary N) is 2. The molecule has 0 unspecified atom stereocenters. The van der Waals surface area contributed by atoms with Crippen molar-refractivity contribution in [2.75, 3.05) is 0 Å². The first-order valence-corrected chi connectivity index (χ1v) is 6.95. The van der Waals surface area contributed by atoms with Gasteiger partial charge in [0, 0.05) is 6.42 Å². The molecule has 0 aromatic heterocycles. The standard InChI is InChI=1S/C15H21N3O4/c1-10(16)14(20)18-12(7-8-13(17)19)15(21)22-9-11-5-3-2-4-6-11/h2-6,10,12H,7-9,16H2,1H3,(H2,17,19)(H,18,20)/t10-,12+/m0/s1. The molecule has 0 aliphatic rings. The molecule has 0 bridgehead atoms. The number of nitrogens with one attached hydrogen (secondary N) is 1. The van der Waals surface area contributed by atoms with E-state index < -0.39 is 29.9 Å². The molecule has 0 aliphatic heterocycles. The van der Waals surface area contributed by atoms with Gasteiger partial charge in [0.15, 0.2) is 0 Å². The highest BCUT2D eigenvalue weighted by Crippen LogP contribution is 2.05. The van der Waals surface area contributed by atoms with E-state index in [1.807, 2.05) is 30.3 Å². The van der Waals surface area contributed by atoms with Gasteiger partial charge in [-0.3, -0.25) is 9.59 Å². The maximum Gasteiger partial charge on any atom is 0.328 e. The van der Waals surface area contributed by atoms with Gasteiger partial charge in [-0.05, 0) is 18.9 Å². The summed E-state index contributed by atoms with van der Waals surface area (Å²) in [5.74, 6) is -1.68. The smallest absolute Gasteiger partial charge is 0.328 e. The van der Waals surface area contributed by atoms with E-state index >= 15 is 0 Å².